The highest BCUT2D eigenvalue weighted by atomic mass is 16.4. The predicted octanol–water partition coefficient (Wildman–Crippen LogP) is 1.91. The quantitative estimate of drug-likeness (QED) is 0.890. The fraction of sp³-hybridized carbons (Fsp3) is 0.400. The van der Waals surface area contributed by atoms with Crippen LogP contribution >= 0.6 is 0 Å². The molecule has 1 aromatic heterocycles. The summed E-state index contributed by atoms with van der Waals surface area (Å²) >= 11 is 0. The molecule has 0 saturated carbocycles. The summed E-state index contributed by atoms with van der Waals surface area (Å²) in [6, 6.07) is 7.39. The molecule has 0 aliphatic carbocycles. The molecule has 1 amide bonds. The van der Waals surface area contributed by atoms with Crippen molar-refractivity contribution in [2.45, 2.75) is 25.4 Å². The van der Waals surface area contributed by atoms with Crippen molar-refractivity contribution in [3.05, 3.63) is 59.7 Å². The third kappa shape index (κ3) is 3.68. The molecule has 3 aliphatic heterocycles. The second-order valence-corrected chi connectivity index (χ2v) is 7.29. The van der Waals surface area contributed by atoms with E-state index in [-0.39, 0.29) is 11.9 Å². The van der Waals surface area contributed by atoms with E-state index in [4.69, 9.17) is 0 Å². The largest absolute Gasteiger partial charge is 0.478 e. The van der Waals surface area contributed by atoms with Crippen LogP contribution in [0.5, 0.6) is 0 Å². The van der Waals surface area contributed by atoms with Crippen molar-refractivity contribution in [1.82, 2.24) is 19.8 Å². The van der Waals surface area contributed by atoms with Gasteiger partial charge in [-0.05, 0) is 30.4 Å². The standard InChI is InChI=1S/C20H22N4O3/c25-19(18-9-21-7-8-22-18)24-11-14-5-6-16(13-24)23(10-14)12-15-3-1-2-4-17(15)20(26)27/h1-4,7-9,14,16H,5-6,10-13H2,(H,26,27)/t14-,16-/m1/s1. The molecule has 2 bridgehead atoms. The molecule has 27 heavy (non-hydrogen) atoms. The Labute approximate surface area is 157 Å². The number of rotatable bonds is 4. The van der Waals surface area contributed by atoms with Crippen LogP contribution in [-0.4, -0.2) is 62.4 Å². The maximum absolute atomic E-state index is 12.8. The second-order valence-electron chi connectivity index (χ2n) is 7.29. The van der Waals surface area contributed by atoms with Crippen molar-refractivity contribution in [3.8, 4) is 0 Å². The number of amides is 1. The summed E-state index contributed by atoms with van der Waals surface area (Å²) in [6.07, 6.45) is 6.71. The van der Waals surface area contributed by atoms with Gasteiger partial charge >= 0.3 is 5.97 Å². The molecule has 3 fully saturated rings. The van der Waals surface area contributed by atoms with E-state index < -0.39 is 5.97 Å². The van der Waals surface area contributed by atoms with Gasteiger partial charge in [0.2, 0.25) is 0 Å². The van der Waals surface area contributed by atoms with Gasteiger partial charge in [-0.2, -0.15) is 0 Å². The van der Waals surface area contributed by atoms with Crippen molar-refractivity contribution in [2.24, 2.45) is 5.92 Å². The number of carboxylic acids is 1. The van der Waals surface area contributed by atoms with Gasteiger partial charge < -0.3 is 10.0 Å². The molecule has 5 rings (SSSR count). The molecule has 7 heteroatoms. The molecular weight excluding hydrogens is 344 g/mol. The molecule has 1 N–H and O–H groups in total. The lowest BCUT2D eigenvalue weighted by Gasteiger charge is -2.36. The smallest absolute Gasteiger partial charge is 0.336 e. The number of carbonyl (C=O) groups is 2. The van der Waals surface area contributed by atoms with Crippen molar-refractivity contribution in [2.75, 3.05) is 19.6 Å². The lowest BCUT2D eigenvalue weighted by Crippen LogP contribution is -2.44. The maximum atomic E-state index is 12.8. The Morgan fingerprint density at radius 3 is 2.74 bits per heavy atom. The first-order valence-electron chi connectivity index (χ1n) is 9.22. The third-order valence-corrected chi connectivity index (χ3v) is 5.52. The van der Waals surface area contributed by atoms with Crippen molar-refractivity contribution >= 4 is 11.9 Å². The molecular formula is C20H22N4O3. The first kappa shape index (κ1) is 17.6. The number of piperidine rings is 1. The first-order chi connectivity index (χ1) is 13.1. The van der Waals surface area contributed by atoms with Gasteiger partial charge in [-0.1, -0.05) is 18.2 Å². The SMILES string of the molecule is O=C(O)c1ccccc1CN1C[C@H]2CC[C@@H]1CN(C(=O)c1cnccn1)C2. The molecule has 4 heterocycles. The number of benzene rings is 1. The van der Waals surface area contributed by atoms with Crippen LogP contribution in [0.3, 0.4) is 0 Å². The fourth-order valence-electron chi connectivity index (χ4n) is 4.20. The zero-order chi connectivity index (χ0) is 18.8. The normalized spacial score (nSPS) is 22.4. The van der Waals surface area contributed by atoms with Crippen molar-refractivity contribution in [1.29, 1.82) is 0 Å². The highest BCUT2D eigenvalue weighted by Crippen LogP contribution is 2.30. The molecule has 7 nitrogen and oxygen atoms in total. The molecule has 3 aliphatic rings. The Hall–Kier alpha value is -2.80. The lowest BCUT2D eigenvalue weighted by molar-refractivity contribution is 0.0691. The Morgan fingerprint density at radius 2 is 1.96 bits per heavy atom. The molecule has 0 radical (unpaired) electrons. The molecule has 2 atom stereocenters. The van der Waals surface area contributed by atoms with E-state index in [1.165, 1.54) is 12.4 Å². The summed E-state index contributed by atoms with van der Waals surface area (Å²) in [4.78, 5) is 36.7. The summed E-state index contributed by atoms with van der Waals surface area (Å²) in [7, 11) is 0. The molecule has 140 valence electrons. The zero-order valence-electron chi connectivity index (χ0n) is 15.0. The molecule has 2 aromatic rings. The van der Waals surface area contributed by atoms with Crippen LogP contribution in [0.15, 0.2) is 42.9 Å². The molecule has 3 saturated heterocycles. The van der Waals surface area contributed by atoms with Gasteiger partial charge in [0, 0.05) is 44.6 Å². The van der Waals surface area contributed by atoms with Crippen LogP contribution in [0, 0.1) is 5.92 Å². The summed E-state index contributed by atoms with van der Waals surface area (Å²) in [5, 5.41) is 9.44. The fourth-order valence-corrected chi connectivity index (χ4v) is 4.20. The summed E-state index contributed by atoms with van der Waals surface area (Å²) in [5.41, 5.74) is 1.55. The highest BCUT2D eigenvalue weighted by Gasteiger charge is 2.37. The van der Waals surface area contributed by atoms with Crippen LogP contribution < -0.4 is 0 Å². The van der Waals surface area contributed by atoms with Crippen LogP contribution in [0.25, 0.3) is 0 Å². The Kier molecular flexibility index (Phi) is 4.85. The predicted molar refractivity (Wildman–Crippen MR) is 98.3 cm³/mol. The van der Waals surface area contributed by atoms with Gasteiger partial charge in [0.05, 0.1) is 11.8 Å². The van der Waals surface area contributed by atoms with E-state index in [0.29, 0.717) is 36.8 Å². The minimum Gasteiger partial charge on any atom is -0.478 e. The van der Waals surface area contributed by atoms with E-state index >= 15 is 0 Å². The molecule has 0 spiro atoms. The number of fused-ring (bicyclic) bond motifs is 4. The van der Waals surface area contributed by atoms with E-state index in [0.717, 1.165) is 24.9 Å². The average Bonchev–Trinajstić information content (AvgIpc) is 3.00. The van der Waals surface area contributed by atoms with Gasteiger partial charge in [0.25, 0.3) is 5.91 Å². The van der Waals surface area contributed by atoms with Gasteiger partial charge in [-0.3, -0.25) is 14.7 Å². The number of hydrogen-bond acceptors (Lipinski definition) is 5. The number of carbonyl (C=O) groups excluding carboxylic acids is 1. The topological polar surface area (TPSA) is 86.6 Å². The van der Waals surface area contributed by atoms with Crippen LogP contribution in [0.4, 0.5) is 0 Å². The van der Waals surface area contributed by atoms with E-state index in [9.17, 15) is 14.7 Å². The average molecular weight is 366 g/mol. The number of hydrogen-bond donors (Lipinski definition) is 1. The van der Waals surface area contributed by atoms with E-state index in [1.807, 2.05) is 17.0 Å². The van der Waals surface area contributed by atoms with Crippen molar-refractivity contribution < 1.29 is 14.7 Å². The Bertz CT molecular complexity index is 842. The Balaban J connectivity index is 1.52. The van der Waals surface area contributed by atoms with E-state index in [1.54, 1.807) is 18.3 Å². The number of aromatic nitrogens is 2. The monoisotopic (exact) mass is 366 g/mol. The summed E-state index contributed by atoms with van der Waals surface area (Å²) in [6.45, 7) is 2.82. The minimum absolute atomic E-state index is 0.0761. The first-order valence-corrected chi connectivity index (χ1v) is 9.22. The van der Waals surface area contributed by atoms with Gasteiger partial charge in [-0.25, -0.2) is 9.78 Å². The summed E-state index contributed by atoms with van der Waals surface area (Å²) in [5.74, 6) is -0.584. The maximum Gasteiger partial charge on any atom is 0.336 e. The number of nitrogens with zero attached hydrogens (tertiary/aromatic N) is 4. The zero-order valence-corrected chi connectivity index (χ0v) is 15.0. The van der Waals surface area contributed by atoms with Gasteiger partial charge in [0.1, 0.15) is 5.69 Å². The lowest BCUT2D eigenvalue weighted by atomic mass is 9.94. The van der Waals surface area contributed by atoms with Gasteiger partial charge in [0.15, 0.2) is 0 Å². The summed E-state index contributed by atoms with van der Waals surface area (Å²) < 4.78 is 0. The number of aromatic carboxylic acids is 1. The molecule has 1 aromatic carbocycles. The van der Waals surface area contributed by atoms with Crippen molar-refractivity contribution in [3.63, 3.8) is 0 Å². The molecule has 0 unspecified atom stereocenters. The van der Waals surface area contributed by atoms with Crippen LogP contribution in [-0.2, 0) is 6.54 Å². The third-order valence-electron chi connectivity index (χ3n) is 5.52. The number of carboxylic acid groups (broad SMARTS) is 1. The minimum atomic E-state index is -0.898. The van der Waals surface area contributed by atoms with E-state index in [2.05, 4.69) is 14.9 Å². The van der Waals surface area contributed by atoms with Crippen LogP contribution in [0.1, 0.15) is 39.3 Å². The second kappa shape index (κ2) is 7.44. The van der Waals surface area contributed by atoms with Gasteiger partial charge in [-0.15, -0.1) is 0 Å². The Morgan fingerprint density at radius 1 is 1.11 bits per heavy atom. The van der Waals surface area contributed by atoms with Crippen LogP contribution in [0.2, 0.25) is 0 Å². The highest BCUT2D eigenvalue weighted by molar-refractivity contribution is 5.92.